The summed E-state index contributed by atoms with van der Waals surface area (Å²) in [4.78, 5) is 31.2. The van der Waals surface area contributed by atoms with Crippen LogP contribution in [0.25, 0.3) is 0 Å². The van der Waals surface area contributed by atoms with E-state index in [0.29, 0.717) is 27.0 Å². The summed E-state index contributed by atoms with van der Waals surface area (Å²) in [5.74, 6) is -0.575. The van der Waals surface area contributed by atoms with Gasteiger partial charge in [-0.2, -0.15) is 4.99 Å². The van der Waals surface area contributed by atoms with Crippen LogP contribution in [-0.4, -0.2) is 48.5 Å². The number of likely N-dealkylation sites (N-methyl/N-ethyl adjacent to an activating group) is 1. The largest absolute Gasteiger partial charge is 0.353 e. The molecule has 0 spiro atoms. The van der Waals surface area contributed by atoms with E-state index in [9.17, 15) is 9.59 Å². The third-order valence-corrected chi connectivity index (χ3v) is 5.14. The zero-order valence-corrected chi connectivity index (χ0v) is 17.0. The van der Waals surface area contributed by atoms with Crippen LogP contribution in [0.15, 0.2) is 34.8 Å². The molecule has 0 aliphatic rings. The van der Waals surface area contributed by atoms with Gasteiger partial charge in [-0.25, -0.2) is 0 Å². The molecule has 0 radical (unpaired) electrons. The van der Waals surface area contributed by atoms with Crippen LogP contribution in [0.1, 0.15) is 23.3 Å². The predicted molar refractivity (Wildman–Crippen MR) is 105 cm³/mol. The Kier molecular flexibility index (Phi) is 7.40. The van der Waals surface area contributed by atoms with Crippen LogP contribution in [0.5, 0.6) is 0 Å². The first kappa shape index (κ1) is 20.6. The molecular formula is C17H20Cl2N4O2S. The van der Waals surface area contributed by atoms with Crippen molar-refractivity contribution in [2.24, 2.45) is 4.99 Å². The maximum atomic E-state index is 12.4. The van der Waals surface area contributed by atoms with Crippen LogP contribution in [-0.2, 0) is 4.79 Å². The first-order chi connectivity index (χ1) is 12.3. The Morgan fingerprint density at radius 2 is 2.04 bits per heavy atom. The Hall–Kier alpha value is -1.67. The van der Waals surface area contributed by atoms with Gasteiger partial charge in [0.25, 0.3) is 5.91 Å². The number of carbonyl (C=O) groups is 2. The van der Waals surface area contributed by atoms with Crippen molar-refractivity contribution in [2.45, 2.75) is 13.0 Å². The van der Waals surface area contributed by atoms with Crippen molar-refractivity contribution in [1.82, 2.24) is 14.8 Å². The number of rotatable bonds is 6. The first-order valence-electron chi connectivity index (χ1n) is 7.91. The molecule has 1 aromatic heterocycles. The average Bonchev–Trinajstić information content (AvgIpc) is 3.04. The van der Waals surface area contributed by atoms with Gasteiger partial charge in [-0.15, -0.1) is 11.3 Å². The Labute approximate surface area is 166 Å². The van der Waals surface area contributed by atoms with Crippen molar-refractivity contribution >= 4 is 46.4 Å². The number of halogens is 2. The number of benzene rings is 1. The third-order valence-electron chi connectivity index (χ3n) is 3.63. The van der Waals surface area contributed by atoms with Crippen molar-refractivity contribution in [1.29, 1.82) is 0 Å². The number of nitrogens with zero attached hydrogens (tertiary/aromatic N) is 3. The number of aromatic nitrogens is 1. The second kappa shape index (κ2) is 9.32. The van der Waals surface area contributed by atoms with Crippen LogP contribution in [0, 0.1) is 0 Å². The lowest BCUT2D eigenvalue weighted by Gasteiger charge is -2.15. The number of hydrogen-bond acceptors (Lipinski definition) is 4. The van der Waals surface area contributed by atoms with Crippen LogP contribution in [0.2, 0.25) is 10.0 Å². The molecule has 26 heavy (non-hydrogen) atoms. The second-order valence-corrected chi connectivity index (χ2v) is 7.60. The zero-order chi connectivity index (χ0) is 19.3. The summed E-state index contributed by atoms with van der Waals surface area (Å²) in [6.07, 6.45) is 1.74. The molecule has 0 unspecified atom stereocenters. The zero-order valence-electron chi connectivity index (χ0n) is 14.7. The molecule has 2 amide bonds. The lowest BCUT2D eigenvalue weighted by atomic mass is 10.2. The summed E-state index contributed by atoms with van der Waals surface area (Å²) < 4.78 is 1.67. The Balaban J connectivity index is 2.18. The van der Waals surface area contributed by atoms with E-state index in [1.165, 1.54) is 17.4 Å². The fourth-order valence-corrected chi connectivity index (χ4v) is 3.21. The van der Waals surface area contributed by atoms with Gasteiger partial charge in [0.05, 0.1) is 10.0 Å². The molecule has 1 aromatic carbocycles. The van der Waals surface area contributed by atoms with Gasteiger partial charge in [-0.1, -0.05) is 23.2 Å². The van der Waals surface area contributed by atoms with Gasteiger partial charge in [0.1, 0.15) is 6.04 Å². The topological polar surface area (TPSA) is 66.7 Å². The van der Waals surface area contributed by atoms with Crippen LogP contribution >= 0.6 is 34.5 Å². The maximum Gasteiger partial charge on any atom is 0.279 e. The molecule has 1 heterocycles. The number of thiazole rings is 1. The van der Waals surface area contributed by atoms with Crippen molar-refractivity contribution < 1.29 is 9.59 Å². The van der Waals surface area contributed by atoms with E-state index in [2.05, 4.69) is 10.3 Å². The second-order valence-electron chi connectivity index (χ2n) is 5.91. The van der Waals surface area contributed by atoms with Gasteiger partial charge in [0.15, 0.2) is 4.80 Å². The van der Waals surface area contributed by atoms with Gasteiger partial charge in [0, 0.05) is 30.2 Å². The van der Waals surface area contributed by atoms with Gasteiger partial charge < -0.3 is 14.8 Å². The van der Waals surface area contributed by atoms with Crippen molar-refractivity contribution in [3.8, 4) is 0 Å². The SMILES string of the molecule is C[C@@H](C(=O)NCCN(C)C)n1ccsc1=NC(=O)c1ccc(Cl)c(Cl)c1. The van der Waals surface area contributed by atoms with Crippen LogP contribution in [0.4, 0.5) is 0 Å². The maximum absolute atomic E-state index is 12.4. The normalized spacial score (nSPS) is 13.1. The van der Waals surface area contributed by atoms with Gasteiger partial charge >= 0.3 is 0 Å². The van der Waals surface area contributed by atoms with E-state index in [1.54, 1.807) is 35.2 Å². The molecule has 6 nitrogen and oxygen atoms in total. The van der Waals surface area contributed by atoms with Crippen LogP contribution < -0.4 is 10.1 Å². The Morgan fingerprint density at radius 3 is 2.69 bits per heavy atom. The van der Waals surface area contributed by atoms with E-state index in [4.69, 9.17) is 23.2 Å². The Morgan fingerprint density at radius 1 is 1.31 bits per heavy atom. The number of amides is 2. The summed E-state index contributed by atoms with van der Waals surface area (Å²) in [6, 6.07) is 4.11. The molecule has 0 aliphatic carbocycles. The third kappa shape index (κ3) is 5.41. The highest BCUT2D eigenvalue weighted by Crippen LogP contribution is 2.22. The van der Waals surface area contributed by atoms with Gasteiger partial charge in [-0.05, 0) is 39.2 Å². The summed E-state index contributed by atoms with van der Waals surface area (Å²) >= 11 is 13.1. The lowest BCUT2D eigenvalue weighted by Crippen LogP contribution is -2.37. The quantitative estimate of drug-likeness (QED) is 0.789. The van der Waals surface area contributed by atoms with Crippen molar-refractivity contribution in [3.05, 3.63) is 50.2 Å². The van der Waals surface area contributed by atoms with Crippen molar-refractivity contribution in [2.75, 3.05) is 27.2 Å². The smallest absolute Gasteiger partial charge is 0.279 e. The summed E-state index contributed by atoms with van der Waals surface area (Å²) in [5.41, 5.74) is 0.336. The monoisotopic (exact) mass is 414 g/mol. The summed E-state index contributed by atoms with van der Waals surface area (Å²) in [6.45, 7) is 3.07. The molecule has 0 bridgehead atoms. The molecular weight excluding hydrogens is 395 g/mol. The van der Waals surface area contributed by atoms with E-state index in [1.807, 2.05) is 19.0 Å². The molecule has 0 fully saturated rings. The Bertz CT molecular complexity index is 860. The molecule has 0 saturated carbocycles. The van der Waals surface area contributed by atoms with Gasteiger partial charge in [-0.3, -0.25) is 9.59 Å². The highest BCUT2D eigenvalue weighted by Gasteiger charge is 2.16. The highest BCUT2D eigenvalue weighted by atomic mass is 35.5. The minimum Gasteiger partial charge on any atom is -0.353 e. The highest BCUT2D eigenvalue weighted by molar-refractivity contribution is 7.07. The molecule has 1 N–H and O–H groups in total. The molecule has 9 heteroatoms. The van der Waals surface area contributed by atoms with Crippen LogP contribution in [0.3, 0.4) is 0 Å². The van der Waals surface area contributed by atoms with E-state index in [-0.39, 0.29) is 5.91 Å². The first-order valence-corrected chi connectivity index (χ1v) is 9.55. The minimum atomic E-state index is -0.483. The number of nitrogens with one attached hydrogen (secondary N) is 1. The summed E-state index contributed by atoms with van der Waals surface area (Å²) in [7, 11) is 3.88. The van der Waals surface area contributed by atoms with E-state index < -0.39 is 11.9 Å². The number of hydrogen-bond donors (Lipinski definition) is 1. The van der Waals surface area contributed by atoms with Gasteiger partial charge in [0.2, 0.25) is 5.91 Å². The summed E-state index contributed by atoms with van der Waals surface area (Å²) in [5, 5.41) is 5.32. The average molecular weight is 415 g/mol. The lowest BCUT2D eigenvalue weighted by molar-refractivity contribution is -0.123. The molecule has 0 aliphatic heterocycles. The fourth-order valence-electron chi connectivity index (χ4n) is 2.12. The molecule has 0 saturated heterocycles. The standard InChI is InChI=1S/C17H20Cl2N4O2S/c1-11(15(24)20-6-7-22(2)3)23-8-9-26-17(23)21-16(25)12-4-5-13(18)14(19)10-12/h4-5,8-11H,6-7H2,1-3H3,(H,20,24)/t11-/m0/s1. The van der Waals surface area contributed by atoms with Crippen molar-refractivity contribution in [3.63, 3.8) is 0 Å². The van der Waals surface area contributed by atoms with E-state index >= 15 is 0 Å². The molecule has 2 rings (SSSR count). The molecule has 2 aromatic rings. The minimum absolute atomic E-state index is 0.131. The molecule has 140 valence electrons. The number of carbonyl (C=O) groups excluding carboxylic acids is 2. The predicted octanol–water partition coefficient (Wildman–Crippen LogP) is 2.84. The fraction of sp³-hybridized carbons (Fsp3) is 0.353. The van der Waals surface area contributed by atoms with E-state index in [0.717, 1.165) is 6.54 Å². The molecule has 1 atom stereocenters.